The van der Waals surface area contributed by atoms with Gasteiger partial charge in [-0.05, 0) is 67.6 Å². The Morgan fingerprint density at radius 3 is 2.78 bits per heavy atom. The smallest absolute Gasteiger partial charge is 0.0793 e. The maximum absolute atomic E-state index is 10.4. The molecule has 1 aromatic carbocycles. The molecule has 4 unspecified atom stereocenters. The maximum atomic E-state index is 10.4. The van der Waals surface area contributed by atoms with E-state index in [2.05, 4.69) is 41.1 Å². The number of benzene rings is 1. The van der Waals surface area contributed by atoms with Gasteiger partial charge in [0.05, 0.1) is 6.10 Å². The molecular formula is C16H21BrO. The third-order valence-electron chi connectivity index (χ3n) is 4.99. The minimum Gasteiger partial charge on any atom is -0.388 e. The highest BCUT2D eigenvalue weighted by Crippen LogP contribution is 2.50. The van der Waals surface area contributed by atoms with E-state index < -0.39 is 0 Å². The molecule has 0 radical (unpaired) electrons. The van der Waals surface area contributed by atoms with Gasteiger partial charge in [0.25, 0.3) is 0 Å². The van der Waals surface area contributed by atoms with Crippen molar-refractivity contribution in [2.45, 2.75) is 45.1 Å². The summed E-state index contributed by atoms with van der Waals surface area (Å²) < 4.78 is 1.10. The van der Waals surface area contributed by atoms with Gasteiger partial charge < -0.3 is 5.11 Å². The van der Waals surface area contributed by atoms with E-state index >= 15 is 0 Å². The normalized spacial score (nSPS) is 31.8. The summed E-state index contributed by atoms with van der Waals surface area (Å²) in [5, 5.41) is 10.4. The first-order valence-electron chi connectivity index (χ1n) is 7.07. The third-order valence-corrected chi connectivity index (χ3v) is 5.85. The van der Waals surface area contributed by atoms with Gasteiger partial charge in [0.1, 0.15) is 0 Å². The lowest BCUT2D eigenvalue weighted by Crippen LogP contribution is -2.14. The lowest BCUT2D eigenvalue weighted by atomic mass is 9.83. The zero-order valence-electron chi connectivity index (χ0n) is 10.9. The molecule has 1 aromatic rings. The molecule has 0 heterocycles. The van der Waals surface area contributed by atoms with Crippen LogP contribution in [0.1, 0.15) is 49.3 Å². The van der Waals surface area contributed by atoms with E-state index in [-0.39, 0.29) is 6.10 Å². The molecule has 1 N–H and O–H groups in total. The molecule has 2 fully saturated rings. The van der Waals surface area contributed by atoms with Gasteiger partial charge in [-0.3, -0.25) is 0 Å². The predicted octanol–water partition coefficient (Wildman–Crippen LogP) is 4.62. The van der Waals surface area contributed by atoms with Crippen LogP contribution in [0.15, 0.2) is 22.7 Å². The summed E-state index contributed by atoms with van der Waals surface area (Å²) in [5.74, 6) is 2.63. The minimum atomic E-state index is -0.286. The first-order chi connectivity index (χ1) is 8.63. The van der Waals surface area contributed by atoms with Gasteiger partial charge in [-0.2, -0.15) is 0 Å². The molecule has 0 aromatic heterocycles. The summed E-state index contributed by atoms with van der Waals surface area (Å²) in [6.45, 7) is 2.08. The number of aryl methyl sites for hydroxylation is 1. The molecule has 2 bridgehead atoms. The fraction of sp³-hybridized carbons (Fsp3) is 0.625. The highest BCUT2D eigenvalue weighted by molar-refractivity contribution is 9.10. The van der Waals surface area contributed by atoms with E-state index in [1.807, 2.05) is 0 Å². The summed E-state index contributed by atoms with van der Waals surface area (Å²) in [7, 11) is 0. The van der Waals surface area contributed by atoms with Gasteiger partial charge in [-0.1, -0.05) is 34.5 Å². The summed E-state index contributed by atoms with van der Waals surface area (Å²) >= 11 is 3.55. The fourth-order valence-electron chi connectivity index (χ4n) is 3.90. The number of aliphatic hydroxyl groups excluding tert-OH is 1. The Labute approximate surface area is 118 Å². The Hall–Kier alpha value is -0.340. The van der Waals surface area contributed by atoms with Crippen molar-refractivity contribution in [1.82, 2.24) is 0 Å². The molecule has 2 aliphatic carbocycles. The Morgan fingerprint density at radius 1 is 1.33 bits per heavy atom. The lowest BCUT2D eigenvalue weighted by Gasteiger charge is -2.24. The molecule has 1 nitrogen and oxygen atoms in total. The molecule has 3 rings (SSSR count). The van der Waals surface area contributed by atoms with Crippen LogP contribution in [0.4, 0.5) is 0 Å². The summed E-state index contributed by atoms with van der Waals surface area (Å²) in [4.78, 5) is 0. The van der Waals surface area contributed by atoms with Crippen LogP contribution in [0.2, 0.25) is 0 Å². The number of rotatable bonds is 3. The summed E-state index contributed by atoms with van der Waals surface area (Å²) in [6.07, 6.45) is 6.29. The van der Waals surface area contributed by atoms with Crippen LogP contribution >= 0.6 is 15.9 Å². The molecule has 0 spiro atoms. The first kappa shape index (κ1) is 12.7. The van der Waals surface area contributed by atoms with Gasteiger partial charge in [-0.15, -0.1) is 0 Å². The van der Waals surface area contributed by atoms with Crippen LogP contribution in [0.5, 0.6) is 0 Å². The molecule has 4 atom stereocenters. The van der Waals surface area contributed by atoms with Gasteiger partial charge in [0.2, 0.25) is 0 Å². The molecular weight excluding hydrogens is 288 g/mol. The Kier molecular flexibility index (Phi) is 3.50. The van der Waals surface area contributed by atoms with Crippen LogP contribution in [-0.2, 0) is 0 Å². The van der Waals surface area contributed by atoms with Crippen molar-refractivity contribution in [3.8, 4) is 0 Å². The predicted molar refractivity (Wildman–Crippen MR) is 77.4 cm³/mol. The van der Waals surface area contributed by atoms with E-state index in [1.54, 1.807) is 0 Å². The number of halogens is 1. The lowest BCUT2D eigenvalue weighted by molar-refractivity contribution is 0.125. The zero-order valence-corrected chi connectivity index (χ0v) is 12.5. The van der Waals surface area contributed by atoms with Crippen LogP contribution in [0, 0.1) is 24.7 Å². The van der Waals surface area contributed by atoms with Crippen molar-refractivity contribution in [1.29, 1.82) is 0 Å². The van der Waals surface area contributed by atoms with Gasteiger partial charge in [0.15, 0.2) is 0 Å². The molecule has 0 saturated heterocycles. The monoisotopic (exact) mass is 308 g/mol. The second kappa shape index (κ2) is 4.97. The average Bonchev–Trinajstić information content (AvgIpc) is 2.94. The van der Waals surface area contributed by atoms with Crippen molar-refractivity contribution in [3.05, 3.63) is 33.8 Å². The highest BCUT2D eigenvalue weighted by Gasteiger charge is 2.40. The van der Waals surface area contributed by atoms with Crippen molar-refractivity contribution in [2.24, 2.45) is 17.8 Å². The molecule has 98 valence electrons. The number of fused-ring (bicyclic) bond motifs is 2. The summed E-state index contributed by atoms with van der Waals surface area (Å²) in [5.41, 5.74) is 2.29. The van der Waals surface area contributed by atoms with E-state index in [9.17, 15) is 5.11 Å². The maximum Gasteiger partial charge on any atom is 0.0793 e. The van der Waals surface area contributed by atoms with Crippen LogP contribution in [-0.4, -0.2) is 5.11 Å². The van der Waals surface area contributed by atoms with Gasteiger partial charge in [-0.25, -0.2) is 0 Å². The van der Waals surface area contributed by atoms with Crippen molar-refractivity contribution < 1.29 is 5.11 Å². The van der Waals surface area contributed by atoms with Crippen molar-refractivity contribution in [2.75, 3.05) is 0 Å². The first-order valence-corrected chi connectivity index (χ1v) is 7.87. The molecule has 18 heavy (non-hydrogen) atoms. The fourth-order valence-corrected chi connectivity index (χ4v) is 4.30. The van der Waals surface area contributed by atoms with E-state index in [0.717, 1.165) is 34.2 Å². The van der Waals surface area contributed by atoms with Crippen molar-refractivity contribution >= 4 is 15.9 Å². The molecule has 0 amide bonds. The van der Waals surface area contributed by atoms with Crippen LogP contribution in [0.3, 0.4) is 0 Å². The van der Waals surface area contributed by atoms with Gasteiger partial charge >= 0.3 is 0 Å². The van der Waals surface area contributed by atoms with Crippen molar-refractivity contribution in [3.63, 3.8) is 0 Å². The second-order valence-corrected chi connectivity index (χ2v) is 7.05. The summed E-state index contributed by atoms with van der Waals surface area (Å²) in [6, 6.07) is 6.23. The Balaban J connectivity index is 1.67. The Morgan fingerprint density at radius 2 is 2.17 bits per heavy atom. The minimum absolute atomic E-state index is 0.286. The highest BCUT2D eigenvalue weighted by atomic mass is 79.9. The molecule has 2 heteroatoms. The van der Waals surface area contributed by atoms with Crippen LogP contribution in [0.25, 0.3) is 0 Å². The van der Waals surface area contributed by atoms with E-state index in [1.165, 1.54) is 31.2 Å². The number of hydrogen-bond acceptors (Lipinski definition) is 1. The topological polar surface area (TPSA) is 20.2 Å². The number of hydrogen-bond donors (Lipinski definition) is 1. The molecule has 2 aliphatic rings. The molecule has 2 saturated carbocycles. The van der Waals surface area contributed by atoms with Gasteiger partial charge in [0, 0.05) is 4.47 Å². The van der Waals surface area contributed by atoms with E-state index in [0.29, 0.717) is 0 Å². The largest absolute Gasteiger partial charge is 0.388 e. The standard InChI is InChI=1S/C16H21BrO/c1-10-2-4-13(8-15(10)17)16(18)9-14-7-11-3-5-12(14)6-11/h2,4,8,11-12,14,16,18H,3,5-7,9H2,1H3. The quantitative estimate of drug-likeness (QED) is 0.864. The average molecular weight is 309 g/mol. The third kappa shape index (κ3) is 2.37. The second-order valence-electron chi connectivity index (χ2n) is 6.20. The van der Waals surface area contributed by atoms with Crippen LogP contribution < -0.4 is 0 Å². The zero-order chi connectivity index (χ0) is 12.7. The number of aliphatic hydroxyl groups is 1. The SMILES string of the molecule is Cc1ccc(C(O)CC2CC3CCC2C3)cc1Br. The molecule has 0 aliphatic heterocycles. The van der Waals surface area contributed by atoms with E-state index in [4.69, 9.17) is 0 Å². The Bertz CT molecular complexity index is 443.